The van der Waals surface area contributed by atoms with Crippen LogP contribution in [-0.2, 0) is 28.6 Å². The number of carbonyl (C=O) groups is 3. The van der Waals surface area contributed by atoms with Crippen molar-refractivity contribution in [2.24, 2.45) is 0 Å². The largest absolute Gasteiger partial charge is 0.462 e. The number of allylic oxidation sites excluding steroid dienone is 14. The first kappa shape index (κ1) is 67.6. The number of unbranched alkanes of at least 4 members (excludes halogenated alkanes) is 29. The van der Waals surface area contributed by atoms with Gasteiger partial charge in [-0.25, -0.2) is 0 Å². The van der Waals surface area contributed by atoms with Crippen LogP contribution in [0.4, 0.5) is 0 Å². The third-order valence-corrected chi connectivity index (χ3v) is 12.8. The molecule has 6 heteroatoms. The van der Waals surface area contributed by atoms with Gasteiger partial charge in [-0.05, 0) is 116 Å². The molecule has 0 aromatic carbocycles. The first-order valence-electron chi connectivity index (χ1n) is 30.1. The summed E-state index contributed by atoms with van der Waals surface area (Å²) >= 11 is 0. The molecule has 0 spiro atoms. The second-order valence-electron chi connectivity index (χ2n) is 19.9. The van der Waals surface area contributed by atoms with Crippen molar-refractivity contribution in [3.63, 3.8) is 0 Å². The number of carbonyl (C=O) groups excluding carboxylic acids is 3. The molecular formula is C65H112O6. The van der Waals surface area contributed by atoms with Crippen molar-refractivity contribution < 1.29 is 28.6 Å². The lowest BCUT2D eigenvalue weighted by atomic mass is 10.1. The number of hydrogen-bond acceptors (Lipinski definition) is 6. The van der Waals surface area contributed by atoms with Crippen LogP contribution in [0.25, 0.3) is 0 Å². The van der Waals surface area contributed by atoms with E-state index in [0.29, 0.717) is 19.3 Å². The summed E-state index contributed by atoms with van der Waals surface area (Å²) in [6.45, 7) is 6.55. The molecule has 0 unspecified atom stereocenters. The van der Waals surface area contributed by atoms with Crippen LogP contribution in [0.2, 0.25) is 0 Å². The van der Waals surface area contributed by atoms with E-state index in [-0.39, 0.29) is 37.5 Å². The molecule has 0 N–H and O–H groups in total. The Morgan fingerprint density at radius 3 is 0.887 bits per heavy atom. The molecule has 0 saturated heterocycles. The Labute approximate surface area is 439 Å². The standard InChI is InChI=1S/C65H112O6/c1-4-7-10-13-16-19-22-25-28-31-32-35-37-40-43-46-49-52-55-58-64(67)70-61-62(71-65(68)59-56-53-50-47-44-41-38-34-30-27-24-21-18-15-12-9-6-3)60-69-63(66)57-54-51-48-45-42-39-36-33-29-26-23-20-17-14-11-8-5-2/h17-18,20-21,25-30,36,39,45,48,62H,4-16,19,22-24,31-35,37-38,40-44,46-47,49-61H2,1-3H3/b20-17-,21-18-,28-25-,29-26-,30-27-,39-36-,48-45-/t62-/m1/s1. The Hall–Kier alpha value is -3.41. The highest BCUT2D eigenvalue weighted by atomic mass is 16.6. The molecule has 0 heterocycles. The Bertz CT molecular complexity index is 1370. The van der Waals surface area contributed by atoms with Gasteiger partial charge in [0, 0.05) is 19.3 Å². The van der Waals surface area contributed by atoms with Crippen LogP contribution < -0.4 is 0 Å². The van der Waals surface area contributed by atoms with E-state index >= 15 is 0 Å². The Morgan fingerprint density at radius 2 is 0.521 bits per heavy atom. The van der Waals surface area contributed by atoms with Gasteiger partial charge in [0.2, 0.25) is 0 Å². The molecule has 0 amide bonds. The van der Waals surface area contributed by atoms with Crippen molar-refractivity contribution in [2.75, 3.05) is 13.2 Å². The number of rotatable bonds is 54. The van der Waals surface area contributed by atoms with Gasteiger partial charge < -0.3 is 14.2 Å². The predicted molar refractivity (Wildman–Crippen MR) is 307 cm³/mol. The highest BCUT2D eigenvalue weighted by Crippen LogP contribution is 2.15. The van der Waals surface area contributed by atoms with Crippen LogP contribution in [0.3, 0.4) is 0 Å². The first-order valence-corrected chi connectivity index (χ1v) is 30.1. The van der Waals surface area contributed by atoms with Crippen molar-refractivity contribution in [2.45, 2.75) is 297 Å². The molecule has 1 atom stereocenters. The van der Waals surface area contributed by atoms with Gasteiger partial charge in [-0.1, -0.05) is 241 Å². The minimum atomic E-state index is -0.805. The Morgan fingerprint density at radius 1 is 0.282 bits per heavy atom. The van der Waals surface area contributed by atoms with Gasteiger partial charge in [-0.2, -0.15) is 0 Å². The van der Waals surface area contributed by atoms with Crippen molar-refractivity contribution in [3.05, 3.63) is 85.1 Å². The number of hydrogen-bond donors (Lipinski definition) is 0. The summed E-state index contributed by atoms with van der Waals surface area (Å²) in [4.78, 5) is 38.2. The van der Waals surface area contributed by atoms with Crippen LogP contribution >= 0.6 is 0 Å². The smallest absolute Gasteiger partial charge is 0.306 e. The zero-order valence-electron chi connectivity index (χ0n) is 46.7. The topological polar surface area (TPSA) is 78.9 Å². The molecule has 0 aliphatic heterocycles. The van der Waals surface area contributed by atoms with Gasteiger partial charge in [0.1, 0.15) is 13.2 Å². The molecule has 0 aliphatic rings. The highest BCUT2D eigenvalue weighted by Gasteiger charge is 2.19. The van der Waals surface area contributed by atoms with Crippen LogP contribution in [0.5, 0.6) is 0 Å². The molecule has 6 nitrogen and oxygen atoms in total. The summed E-state index contributed by atoms with van der Waals surface area (Å²) in [7, 11) is 0. The fraction of sp³-hybridized carbons (Fsp3) is 0.738. The maximum absolute atomic E-state index is 12.9. The molecule has 0 radical (unpaired) electrons. The summed E-state index contributed by atoms with van der Waals surface area (Å²) in [6.07, 6.45) is 77.2. The quantitative estimate of drug-likeness (QED) is 0.0261. The summed E-state index contributed by atoms with van der Waals surface area (Å²) in [6, 6.07) is 0. The third-order valence-electron chi connectivity index (χ3n) is 12.8. The molecule has 0 bridgehead atoms. The third kappa shape index (κ3) is 57.4. The van der Waals surface area contributed by atoms with Gasteiger partial charge in [0.25, 0.3) is 0 Å². The SMILES string of the molecule is CCCCC/C=C\C/C=C\C/C=C\C/C=C\CCCC(=O)OC[C@H](COC(=O)CCCCCCCCCCC/C=C\CCCCCCCC)OC(=O)CCCCCCCCC/C=C\C/C=C\CCCCC. The van der Waals surface area contributed by atoms with Gasteiger partial charge in [-0.15, -0.1) is 0 Å². The van der Waals surface area contributed by atoms with Crippen molar-refractivity contribution in [3.8, 4) is 0 Å². The lowest BCUT2D eigenvalue weighted by Gasteiger charge is -2.18. The monoisotopic (exact) mass is 989 g/mol. The lowest BCUT2D eigenvalue weighted by Crippen LogP contribution is -2.30. The van der Waals surface area contributed by atoms with Crippen LogP contribution in [0.15, 0.2) is 85.1 Å². The molecule has 0 aliphatic carbocycles. The average Bonchev–Trinajstić information content (AvgIpc) is 3.37. The maximum atomic E-state index is 12.9. The molecule has 0 rings (SSSR count). The van der Waals surface area contributed by atoms with E-state index in [4.69, 9.17) is 14.2 Å². The second-order valence-corrected chi connectivity index (χ2v) is 19.9. The van der Waals surface area contributed by atoms with E-state index in [1.54, 1.807) is 0 Å². The number of ether oxygens (including phenoxy) is 3. The van der Waals surface area contributed by atoms with Crippen LogP contribution in [0.1, 0.15) is 290 Å². The van der Waals surface area contributed by atoms with E-state index in [9.17, 15) is 14.4 Å². The summed E-state index contributed by atoms with van der Waals surface area (Å²) in [5.74, 6) is -0.958. The van der Waals surface area contributed by atoms with Gasteiger partial charge in [-0.3, -0.25) is 14.4 Å². The molecule has 0 fully saturated rings. The Kier molecular flexibility index (Phi) is 56.3. The van der Waals surface area contributed by atoms with Gasteiger partial charge >= 0.3 is 17.9 Å². The van der Waals surface area contributed by atoms with Crippen molar-refractivity contribution >= 4 is 17.9 Å². The lowest BCUT2D eigenvalue weighted by molar-refractivity contribution is -0.167. The maximum Gasteiger partial charge on any atom is 0.306 e. The van der Waals surface area contributed by atoms with Crippen molar-refractivity contribution in [1.82, 2.24) is 0 Å². The van der Waals surface area contributed by atoms with E-state index in [2.05, 4.69) is 106 Å². The van der Waals surface area contributed by atoms with Crippen LogP contribution in [-0.4, -0.2) is 37.2 Å². The molecule has 0 aromatic heterocycles. The van der Waals surface area contributed by atoms with E-state index < -0.39 is 6.10 Å². The second kappa shape index (κ2) is 59.2. The Balaban J connectivity index is 4.46. The number of esters is 3. The van der Waals surface area contributed by atoms with Gasteiger partial charge in [0.15, 0.2) is 6.10 Å². The fourth-order valence-electron chi connectivity index (χ4n) is 8.28. The summed E-state index contributed by atoms with van der Waals surface area (Å²) in [5, 5.41) is 0. The zero-order valence-corrected chi connectivity index (χ0v) is 46.7. The minimum absolute atomic E-state index is 0.0973. The normalized spacial score (nSPS) is 12.7. The van der Waals surface area contributed by atoms with Crippen LogP contribution in [0, 0.1) is 0 Å². The highest BCUT2D eigenvalue weighted by molar-refractivity contribution is 5.71. The average molecular weight is 990 g/mol. The molecular weight excluding hydrogens is 877 g/mol. The fourth-order valence-corrected chi connectivity index (χ4v) is 8.28. The van der Waals surface area contributed by atoms with E-state index in [1.165, 1.54) is 167 Å². The zero-order chi connectivity index (χ0) is 51.4. The predicted octanol–water partition coefficient (Wildman–Crippen LogP) is 20.3. The van der Waals surface area contributed by atoms with E-state index in [1.807, 2.05) is 0 Å². The first-order chi connectivity index (χ1) is 35.0. The minimum Gasteiger partial charge on any atom is -0.462 e. The molecule has 0 saturated carbocycles. The van der Waals surface area contributed by atoms with Crippen molar-refractivity contribution in [1.29, 1.82) is 0 Å². The summed E-state index contributed by atoms with van der Waals surface area (Å²) < 4.78 is 16.8. The van der Waals surface area contributed by atoms with E-state index in [0.717, 1.165) is 77.0 Å². The molecule has 0 aromatic rings. The summed E-state index contributed by atoms with van der Waals surface area (Å²) in [5.41, 5.74) is 0. The molecule has 71 heavy (non-hydrogen) atoms. The van der Waals surface area contributed by atoms with Gasteiger partial charge in [0.05, 0.1) is 0 Å². The molecule has 408 valence electrons.